The standard InChI is InChI=1S/C22H18N2O3S/c1-14-9-11-15(12-10-14)23-21(25)18-19(17-8-5-13-28-17)24(27-20(18)22(23)26)16-6-3-2-4-7-16/h2-13,18-20H,1H3/t18-,19+,20+/m1/s1. The molecule has 0 radical (unpaired) electrons. The molecule has 2 aliphatic rings. The molecule has 0 bridgehead atoms. The first-order valence-corrected chi connectivity index (χ1v) is 10.0. The van der Waals surface area contributed by atoms with Crippen molar-refractivity contribution in [2.75, 3.05) is 9.96 Å². The maximum Gasteiger partial charge on any atom is 0.266 e. The van der Waals surface area contributed by atoms with Gasteiger partial charge in [0, 0.05) is 4.88 Å². The monoisotopic (exact) mass is 390 g/mol. The van der Waals surface area contributed by atoms with E-state index >= 15 is 0 Å². The van der Waals surface area contributed by atoms with Crippen LogP contribution in [0.15, 0.2) is 72.1 Å². The van der Waals surface area contributed by atoms with Gasteiger partial charge in [-0.05, 0) is 42.6 Å². The summed E-state index contributed by atoms with van der Waals surface area (Å²) < 4.78 is 0. The highest BCUT2D eigenvalue weighted by Gasteiger charge is 2.60. The summed E-state index contributed by atoms with van der Waals surface area (Å²) >= 11 is 1.57. The molecule has 0 unspecified atom stereocenters. The number of amides is 2. The Balaban J connectivity index is 1.56. The number of hydrogen-bond donors (Lipinski definition) is 0. The highest BCUT2D eigenvalue weighted by molar-refractivity contribution is 7.10. The van der Waals surface area contributed by atoms with Crippen molar-refractivity contribution in [2.24, 2.45) is 5.92 Å². The summed E-state index contributed by atoms with van der Waals surface area (Å²) in [6, 6.07) is 20.6. The van der Waals surface area contributed by atoms with E-state index in [-0.39, 0.29) is 17.9 Å². The van der Waals surface area contributed by atoms with Crippen molar-refractivity contribution >= 4 is 34.5 Å². The van der Waals surface area contributed by atoms with Crippen LogP contribution in [0.4, 0.5) is 11.4 Å². The van der Waals surface area contributed by atoms with Gasteiger partial charge in [-0.2, -0.15) is 0 Å². The molecule has 2 saturated heterocycles. The van der Waals surface area contributed by atoms with Gasteiger partial charge >= 0.3 is 0 Å². The van der Waals surface area contributed by atoms with Crippen LogP contribution in [-0.2, 0) is 14.4 Å². The van der Waals surface area contributed by atoms with E-state index in [9.17, 15) is 9.59 Å². The first-order valence-electron chi connectivity index (χ1n) is 9.14. The van der Waals surface area contributed by atoms with Crippen molar-refractivity contribution in [1.29, 1.82) is 0 Å². The van der Waals surface area contributed by atoms with Crippen LogP contribution in [0.2, 0.25) is 0 Å². The van der Waals surface area contributed by atoms with E-state index in [4.69, 9.17) is 4.84 Å². The van der Waals surface area contributed by atoms with Crippen molar-refractivity contribution in [3.05, 3.63) is 82.6 Å². The van der Waals surface area contributed by atoms with E-state index in [1.807, 2.05) is 66.9 Å². The molecule has 3 atom stereocenters. The first kappa shape index (κ1) is 17.2. The number of carbonyl (C=O) groups is 2. The summed E-state index contributed by atoms with van der Waals surface area (Å²) in [5, 5.41) is 3.70. The van der Waals surface area contributed by atoms with Crippen LogP contribution in [-0.4, -0.2) is 17.9 Å². The Morgan fingerprint density at radius 3 is 2.29 bits per heavy atom. The topological polar surface area (TPSA) is 49.9 Å². The van der Waals surface area contributed by atoms with Crippen molar-refractivity contribution < 1.29 is 14.4 Å². The van der Waals surface area contributed by atoms with Crippen molar-refractivity contribution in [3.63, 3.8) is 0 Å². The van der Waals surface area contributed by atoms with Gasteiger partial charge in [-0.1, -0.05) is 42.0 Å². The van der Waals surface area contributed by atoms with E-state index in [2.05, 4.69) is 0 Å². The molecule has 2 aromatic carbocycles. The molecule has 140 valence electrons. The summed E-state index contributed by atoms with van der Waals surface area (Å²) in [6.07, 6.45) is -0.818. The average Bonchev–Trinajstić information content (AvgIpc) is 3.42. The van der Waals surface area contributed by atoms with Gasteiger partial charge in [-0.25, -0.2) is 9.96 Å². The Morgan fingerprint density at radius 1 is 0.857 bits per heavy atom. The van der Waals surface area contributed by atoms with E-state index in [1.54, 1.807) is 28.5 Å². The summed E-state index contributed by atoms with van der Waals surface area (Å²) in [5.41, 5.74) is 2.50. The lowest BCUT2D eigenvalue weighted by Gasteiger charge is -2.27. The third-order valence-corrected chi connectivity index (χ3v) is 6.20. The molecule has 0 spiro atoms. The SMILES string of the molecule is Cc1ccc(N2C(=O)[C@H]3[C@H](ON(c4ccccc4)[C@H]3c3cccs3)C2=O)cc1. The van der Waals surface area contributed by atoms with Crippen molar-refractivity contribution in [1.82, 2.24) is 0 Å². The van der Waals surface area contributed by atoms with Gasteiger partial charge < -0.3 is 0 Å². The van der Waals surface area contributed by atoms with E-state index in [0.717, 1.165) is 16.1 Å². The average molecular weight is 390 g/mol. The molecule has 28 heavy (non-hydrogen) atoms. The normalized spacial score (nSPS) is 24.1. The van der Waals surface area contributed by atoms with Gasteiger partial charge in [0.1, 0.15) is 12.0 Å². The molecule has 0 saturated carbocycles. The van der Waals surface area contributed by atoms with Crippen LogP contribution in [0, 0.1) is 12.8 Å². The van der Waals surface area contributed by atoms with Crippen LogP contribution >= 0.6 is 11.3 Å². The Bertz CT molecular complexity index is 1020. The molecular weight excluding hydrogens is 372 g/mol. The third kappa shape index (κ3) is 2.57. The second-order valence-electron chi connectivity index (χ2n) is 7.02. The minimum atomic E-state index is -0.818. The molecule has 5 rings (SSSR count). The fourth-order valence-electron chi connectivity index (χ4n) is 3.91. The van der Waals surface area contributed by atoms with Gasteiger partial charge in [-0.15, -0.1) is 11.3 Å². The van der Waals surface area contributed by atoms with Crippen LogP contribution < -0.4 is 9.96 Å². The molecule has 0 N–H and O–H groups in total. The molecule has 3 heterocycles. The zero-order valence-corrected chi connectivity index (χ0v) is 16.0. The van der Waals surface area contributed by atoms with E-state index in [0.29, 0.717) is 5.69 Å². The molecular formula is C22H18N2O3S. The minimum absolute atomic E-state index is 0.212. The maximum absolute atomic E-state index is 13.4. The van der Waals surface area contributed by atoms with Crippen LogP contribution in [0.5, 0.6) is 0 Å². The maximum atomic E-state index is 13.4. The second-order valence-corrected chi connectivity index (χ2v) is 8.00. The first-order chi connectivity index (χ1) is 13.6. The van der Waals surface area contributed by atoms with E-state index < -0.39 is 12.0 Å². The molecule has 6 heteroatoms. The van der Waals surface area contributed by atoms with E-state index in [1.165, 1.54) is 4.90 Å². The molecule has 2 aliphatic heterocycles. The highest BCUT2D eigenvalue weighted by Crippen LogP contribution is 2.48. The molecule has 5 nitrogen and oxygen atoms in total. The molecule has 2 amide bonds. The Hall–Kier alpha value is -2.96. The quantitative estimate of drug-likeness (QED) is 0.632. The number of nitrogens with zero attached hydrogens (tertiary/aromatic N) is 2. The lowest BCUT2D eigenvalue weighted by molar-refractivity contribution is -0.126. The number of aryl methyl sites for hydroxylation is 1. The van der Waals surface area contributed by atoms with Crippen LogP contribution in [0.3, 0.4) is 0 Å². The van der Waals surface area contributed by atoms with Crippen molar-refractivity contribution in [3.8, 4) is 0 Å². The summed E-state index contributed by atoms with van der Waals surface area (Å²) in [4.78, 5) is 34.9. The van der Waals surface area contributed by atoms with Gasteiger partial charge in [0.2, 0.25) is 5.91 Å². The second kappa shape index (κ2) is 6.58. The van der Waals surface area contributed by atoms with Gasteiger partial charge in [0.15, 0.2) is 6.10 Å². The number of carbonyl (C=O) groups excluding carboxylic acids is 2. The number of hydroxylamine groups is 1. The summed E-state index contributed by atoms with van der Waals surface area (Å²) in [6.45, 7) is 1.97. The summed E-state index contributed by atoms with van der Waals surface area (Å²) in [7, 11) is 0. The lowest BCUT2D eigenvalue weighted by atomic mass is 9.95. The smallest absolute Gasteiger partial charge is 0.266 e. The Labute approximate surface area is 166 Å². The van der Waals surface area contributed by atoms with Gasteiger partial charge in [0.25, 0.3) is 5.91 Å². The lowest BCUT2D eigenvalue weighted by Crippen LogP contribution is -2.37. The van der Waals surface area contributed by atoms with Gasteiger partial charge in [0.05, 0.1) is 11.4 Å². The highest BCUT2D eigenvalue weighted by atomic mass is 32.1. The van der Waals surface area contributed by atoms with Crippen LogP contribution in [0.1, 0.15) is 16.5 Å². The molecule has 3 aromatic rings. The number of thiophene rings is 1. The number of rotatable bonds is 3. The number of imide groups is 1. The number of fused-ring (bicyclic) bond motifs is 1. The fraction of sp³-hybridized carbons (Fsp3) is 0.182. The number of hydrogen-bond acceptors (Lipinski definition) is 5. The van der Waals surface area contributed by atoms with Crippen LogP contribution in [0.25, 0.3) is 0 Å². The molecule has 0 aliphatic carbocycles. The Kier molecular flexibility index (Phi) is 4.03. The largest absolute Gasteiger partial charge is 0.273 e. The third-order valence-electron chi connectivity index (χ3n) is 5.25. The number of anilines is 2. The van der Waals surface area contributed by atoms with Crippen molar-refractivity contribution in [2.45, 2.75) is 19.1 Å². The minimum Gasteiger partial charge on any atom is -0.273 e. The van der Waals surface area contributed by atoms with Gasteiger partial charge in [-0.3, -0.25) is 14.4 Å². The Morgan fingerprint density at radius 2 is 1.61 bits per heavy atom. The number of benzene rings is 2. The predicted octanol–water partition coefficient (Wildman–Crippen LogP) is 4.11. The number of para-hydroxylation sites is 1. The summed E-state index contributed by atoms with van der Waals surface area (Å²) in [5.74, 6) is -1.10. The predicted molar refractivity (Wildman–Crippen MR) is 108 cm³/mol. The fourth-order valence-corrected chi connectivity index (χ4v) is 4.76. The zero-order valence-electron chi connectivity index (χ0n) is 15.2. The molecule has 1 aromatic heterocycles. The molecule has 2 fully saturated rings. The zero-order chi connectivity index (χ0) is 19.3.